The number of esters is 1. The van der Waals surface area contributed by atoms with E-state index in [0.717, 1.165) is 5.56 Å². The highest BCUT2D eigenvalue weighted by molar-refractivity contribution is 5.79. The van der Waals surface area contributed by atoms with Gasteiger partial charge in [-0.3, -0.25) is 4.79 Å². The lowest BCUT2D eigenvalue weighted by Crippen LogP contribution is -2.23. The molecule has 2 rings (SSSR count). The van der Waals surface area contributed by atoms with Gasteiger partial charge in [0.25, 0.3) is 0 Å². The Morgan fingerprint density at radius 3 is 2.13 bits per heavy atom. The molecule has 0 fully saturated rings. The fraction of sp³-hybridized carbons (Fsp3) is 0.400. The Bertz CT molecular complexity index is 587. The number of ether oxygens (including phenoxy) is 1. The first-order chi connectivity index (χ1) is 11.0. The first kappa shape index (κ1) is 17.2. The smallest absolute Gasteiger partial charge is 0.314 e. The molecule has 1 aliphatic rings. The second-order valence-corrected chi connectivity index (χ2v) is 6.22. The van der Waals surface area contributed by atoms with Crippen LogP contribution >= 0.6 is 0 Å². The number of hydrogen-bond acceptors (Lipinski definition) is 3. The standard InChI is InChI=1S/C20H24O3/c1-14(13-15(2)21)16-9-11-18(12-10-16)19(20(22)23-3)17-7-5-4-6-8-17/h4-12,14,16,18-19H,13H2,1-3H3. The monoisotopic (exact) mass is 312 g/mol. The molecule has 0 aromatic heterocycles. The van der Waals surface area contributed by atoms with Gasteiger partial charge in [0.15, 0.2) is 0 Å². The summed E-state index contributed by atoms with van der Waals surface area (Å²) < 4.78 is 5.00. The maximum Gasteiger partial charge on any atom is 0.314 e. The Morgan fingerprint density at radius 2 is 1.61 bits per heavy atom. The van der Waals surface area contributed by atoms with Crippen LogP contribution in [-0.2, 0) is 14.3 Å². The Kier molecular flexibility index (Phi) is 5.91. The first-order valence-corrected chi connectivity index (χ1v) is 8.01. The predicted octanol–water partition coefficient (Wildman–Crippen LogP) is 3.92. The number of rotatable bonds is 6. The minimum atomic E-state index is -0.335. The SMILES string of the molecule is COC(=O)C(c1ccccc1)C1C=CC(C(C)CC(C)=O)C=C1. The van der Waals surface area contributed by atoms with Crippen LogP contribution in [0.25, 0.3) is 0 Å². The molecule has 0 amide bonds. The van der Waals surface area contributed by atoms with Gasteiger partial charge in [-0.05, 0) is 24.3 Å². The summed E-state index contributed by atoms with van der Waals surface area (Å²) in [5, 5.41) is 0. The number of carbonyl (C=O) groups excluding carboxylic acids is 2. The molecule has 0 spiro atoms. The summed E-state index contributed by atoms with van der Waals surface area (Å²) in [5.41, 5.74) is 0.953. The summed E-state index contributed by atoms with van der Waals surface area (Å²) >= 11 is 0. The molecule has 0 radical (unpaired) electrons. The highest BCUT2D eigenvalue weighted by Gasteiger charge is 2.29. The van der Waals surface area contributed by atoms with E-state index >= 15 is 0 Å². The predicted molar refractivity (Wildman–Crippen MR) is 90.9 cm³/mol. The largest absolute Gasteiger partial charge is 0.469 e. The quantitative estimate of drug-likeness (QED) is 0.591. The van der Waals surface area contributed by atoms with E-state index in [1.54, 1.807) is 6.92 Å². The van der Waals surface area contributed by atoms with Crippen LogP contribution in [0.5, 0.6) is 0 Å². The molecule has 1 aliphatic carbocycles. The molecule has 0 heterocycles. The number of ketones is 1. The van der Waals surface area contributed by atoms with Crippen molar-refractivity contribution in [1.29, 1.82) is 0 Å². The van der Waals surface area contributed by atoms with E-state index in [1.807, 2.05) is 30.3 Å². The highest BCUT2D eigenvalue weighted by atomic mass is 16.5. The molecule has 1 aromatic carbocycles. The van der Waals surface area contributed by atoms with E-state index in [1.165, 1.54) is 7.11 Å². The average molecular weight is 312 g/mol. The van der Waals surface area contributed by atoms with Gasteiger partial charge in [-0.25, -0.2) is 0 Å². The van der Waals surface area contributed by atoms with Gasteiger partial charge in [0, 0.05) is 12.3 Å². The van der Waals surface area contributed by atoms with E-state index in [2.05, 4.69) is 31.2 Å². The van der Waals surface area contributed by atoms with Crippen LogP contribution in [0.1, 0.15) is 31.7 Å². The van der Waals surface area contributed by atoms with Crippen LogP contribution < -0.4 is 0 Å². The van der Waals surface area contributed by atoms with Gasteiger partial charge >= 0.3 is 5.97 Å². The lowest BCUT2D eigenvalue weighted by molar-refractivity contribution is -0.143. The van der Waals surface area contributed by atoms with Crippen LogP contribution in [0.15, 0.2) is 54.6 Å². The van der Waals surface area contributed by atoms with Crippen LogP contribution in [0.4, 0.5) is 0 Å². The van der Waals surface area contributed by atoms with Crippen LogP contribution in [-0.4, -0.2) is 18.9 Å². The molecule has 0 N–H and O–H groups in total. The molecule has 0 saturated carbocycles. The van der Waals surface area contributed by atoms with Gasteiger partial charge in [0.05, 0.1) is 13.0 Å². The molecule has 23 heavy (non-hydrogen) atoms. The molecule has 3 heteroatoms. The maximum atomic E-state index is 12.2. The summed E-state index contributed by atoms with van der Waals surface area (Å²) in [6, 6.07) is 9.70. The minimum Gasteiger partial charge on any atom is -0.469 e. The van der Waals surface area contributed by atoms with E-state index in [9.17, 15) is 9.59 Å². The summed E-state index contributed by atoms with van der Waals surface area (Å²) in [4.78, 5) is 23.5. The van der Waals surface area contributed by atoms with Crippen molar-refractivity contribution in [2.75, 3.05) is 7.11 Å². The van der Waals surface area contributed by atoms with Crippen LogP contribution in [0.2, 0.25) is 0 Å². The van der Waals surface area contributed by atoms with Crippen molar-refractivity contribution in [2.45, 2.75) is 26.2 Å². The number of benzene rings is 1. The van der Waals surface area contributed by atoms with Gasteiger partial charge in [-0.15, -0.1) is 0 Å². The molecule has 3 nitrogen and oxygen atoms in total. The molecule has 2 unspecified atom stereocenters. The van der Waals surface area contributed by atoms with E-state index < -0.39 is 0 Å². The van der Waals surface area contributed by atoms with Crippen molar-refractivity contribution in [3.05, 3.63) is 60.2 Å². The average Bonchev–Trinajstić information content (AvgIpc) is 2.56. The fourth-order valence-electron chi connectivity index (χ4n) is 3.14. The van der Waals surface area contributed by atoms with Gasteiger partial charge in [-0.1, -0.05) is 61.6 Å². The zero-order valence-corrected chi connectivity index (χ0v) is 13.9. The Balaban J connectivity index is 2.16. The van der Waals surface area contributed by atoms with E-state index in [-0.39, 0.29) is 35.4 Å². The van der Waals surface area contributed by atoms with Crippen LogP contribution in [0, 0.1) is 17.8 Å². The normalized spacial score (nSPS) is 22.4. The molecule has 0 aliphatic heterocycles. The van der Waals surface area contributed by atoms with Crippen molar-refractivity contribution in [3.63, 3.8) is 0 Å². The number of carbonyl (C=O) groups is 2. The lowest BCUT2D eigenvalue weighted by Gasteiger charge is -2.26. The number of allylic oxidation sites excluding steroid dienone is 4. The van der Waals surface area contributed by atoms with Crippen LogP contribution in [0.3, 0.4) is 0 Å². The second kappa shape index (κ2) is 7.91. The zero-order chi connectivity index (χ0) is 16.8. The molecule has 0 saturated heterocycles. The Labute approximate surface area is 138 Å². The fourth-order valence-corrected chi connectivity index (χ4v) is 3.14. The first-order valence-electron chi connectivity index (χ1n) is 8.01. The zero-order valence-electron chi connectivity index (χ0n) is 13.9. The summed E-state index contributed by atoms with van der Waals surface area (Å²) in [6.45, 7) is 3.70. The summed E-state index contributed by atoms with van der Waals surface area (Å²) in [7, 11) is 1.42. The van der Waals surface area contributed by atoms with Gasteiger partial charge in [0.1, 0.15) is 5.78 Å². The summed E-state index contributed by atoms with van der Waals surface area (Å²) in [6.07, 6.45) is 8.92. The van der Waals surface area contributed by atoms with Crippen molar-refractivity contribution in [3.8, 4) is 0 Å². The molecular formula is C20H24O3. The topological polar surface area (TPSA) is 43.4 Å². The molecular weight excluding hydrogens is 288 g/mol. The third kappa shape index (κ3) is 4.41. The minimum absolute atomic E-state index is 0.0226. The van der Waals surface area contributed by atoms with Crippen molar-refractivity contribution >= 4 is 11.8 Å². The Hall–Kier alpha value is -2.16. The van der Waals surface area contributed by atoms with Crippen molar-refractivity contribution in [1.82, 2.24) is 0 Å². The van der Waals surface area contributed by atoms with E-state index in [4.69, 9.17) is 4.74 Å². The van der Waals surface area contributed by atoms with Gasteiger partial charge in [0.2, 0.25) is 0 Å². The maximum absolute atomic E-state index is 12.2. The molecule has 122 valence electrons. The number of Topliss-reactive ketones (excluding diaryl/α,β-unsaturated/α-hetero) is 1. The van der Waals surface area contributed by atoms with Crippen molar-refractivity contribution in [2.24, 2.45) is 17.8 Å². The third-order valence-corrected chi connectivity index (χ3v) is 4.38. The van der Waals surface area contributed by atoms with E-state index in [0.29, 0.717) is 6.42 Å². The third-order valence-electron chi connectivity index (χ3n) is 4.38. The van der Waals surface area contributed by atoms with Crippen molar-refractivity contribution < 1.29 is 14.3 Å². The lowest BCUT2D eigenvalue weighted by atomic mass is 9.79. The molecule has 1 aromatic rings. The number of hydrogen-bond donors (Lipinski definition) is 0. The highest BCUT2D eigenvalue weighted by Crippen LogP contribution is 2.33. The number of methoxy groups -OCH3 is 1. The van der Waals surface area contributed by atoms with Gasteiger partial charge in [-0.2, -0.15) is 0 Å². The molecule has 0 bridgehead atoms. The second-order valence-electron chi connectivity index (χ2n) is 6.22. The Morgan fingerprint density at radius 1 is 1.04 bits per heavy atom. The molecule has 2 atom stereocenters. The summed E-state index contributed by atoms with van der Waals surface area (Å²) in [5.74, 6) is 0.130. The van der Waals surface area contributed by atoms with Gasteiger partial charge < -0.3 is 9.53 Å².